The van der Waals surface area contributed by atoms with E-state index in [2.05, 4.69) is 5.32 Å². The lowest BCUT2D eigenvalue weighted by Gasteiger charge is -2.22. The van der Waals surface area contributed by atoms with Crippen LogP contribution in [-0.2, 0) is 9.59 Å². The van der Waals surface area contributed by atoms with Crippen molar-refractivity contribution in [1.82, 2.24) is 0 Å². The summed E-state index contributed by atoms with van der Waals surface area (Å²) in [6, 6.07) is 13.0. The zero-order valence-electron chi connectivity index (χ0n) is 15.5. The van der Waals surface area contributed by atoms with Crippen molar-refractivity contribution in [3.8, 4) is 0 Å². The smallest absolute Gasteiger partial charge is 0.226 e. The molecule has 0 heterocycles. The van der Waals surface area contributed by atoms with Crippen molar-refractivity contribution in [2.75, 3.05) is 35.8 Å². The van der Waals surface area contributed by atoms with Gasteiger partial charge in [-0.2, -0.15) is 0 Å². The van der Waals surface area contributed by atoms with Crippen molar-refractivity contribution < 1.29 is 9.59 Å². The molecule has 0 fully saturated rings. The summed E-state index contributed by atoms with van der Waals surface area (Å²) in [7, 11) is 3.92. The Morgan fingerprint density at radius 1 is 1.04 bits per heavy atom. The van der Waals surface area contributed by atoms with Crippen LogP contribution in [0, 0.1) is 6.92 Å². The third kappa shape index (κ3) is 5.23. The van der Waals surface area contributed by atoms with E-state index in [1.807, 2.05) is 56.3 Å². The Labute approximate surface area is 159 Å². The van der Waals surface area contributed by atoms with Gasteiger partial charge in [0.25, 0.3) is 0 Å². The average Bonchev–Trinajstić information content (AvgIpc) is 2.58. The number of hydrogen-bond donors (Lipinski definition) is 1. The summed E-state index contributed by atoms with van der Waals surface area (Å²) in [5.74, 6) is -0.263. The molecular formula is C20H24ClN3O2. The van der Waals surface area contributed by atoms with Gasteiger partial charge in [-0.05, 0) is 48.9 Å². The Kier molecular flexibility index (Phi) is 6.64. The standard InChI is InChI=1S/C20H24ClN3O2/c1-14-5-6-16(21)13-19(14)22-20(26)11-12-24(15(2)25)18-9-7-17(8-10-18)23(3)4/h5-10,13H,11-12H2,1-4H3,(H,22,26). The first-order valence-electron chi connectivity index (χ1n) is 8.39. The molecule has 0 aliphatic carbocycles. The number of halogens is 1. The number of aryl methyl sites for hydroxylation is 1. The molecule has 1 N–H and O–H groups in total. The van der Waals surface area contributed by atoms with E-state index in [0.717, 1.165) is 16.9 Å². The number of amides is 2. The Balaban J connectivity index is 2.02. The number of benzene rings is 2. The number of hydrogen-bond acceptors (Lipinski definition) is 3. The number of nitrogens with one attached hydrogen (secondary N) is 1. The van der Waals surface area contributed by atoms with Gasteiger partial charge in [-0.15, -0.1) is 0 Å². The van der Waals surface area contributed by atoms with Gasteiger partial charge in [-0.25, -0.2) is 0 Å². The summed E-state index contributed by atoms with van der Waals surface area (Å²) in [5.41, 5.74) is 3.44. The summed E-state index contributed by atoms with van der Waals surface area (Å²) >= 11 is 5.98. The lowest BCUT2D eigenvalue weighted by Crippen LogP contribution is -2.32. The molecule has 26 heavy (non-hydrogen) atoms. The Bertz CT molecular complexity index is 788. The van der Waals surface area contributed by atoms with E-state index < -0.39 is 0 Å². The summed E-state index contributed by atoms with van der Waals surface area (Å²) < 4.78 is 0. The number of carbonyl (C=O) groups excluding carboxylic acids is 2. The minimum atomic E-state index is -0.161. The molecule has 6 heteroatoms. The SMILES string of the molecule is CC(=O)N(CCC(=O)Nc1cc(Cl)ccc1C)c1ccc(N(C)C)cc1. The Hall–Kier alpha value is -2.53. The molecule has 0 saturated carbocycles. The summed E-state index contributed by atoms with van der Waals surface area (Å²) in [4.78, 5) is 27.9. The summed E-state index contributed by atoms with van der Waals surface area (Å²) in [5, 5.41) is 3.42. The van der Waals surface area contributed by atoms with E-state index in [1.165, 1.54) is 6.92 Å². The fraction of sp³-hybridized carbons (Fsp3) is 0.300. The van der Waals surface area contributed by atoms with Crippen molar-refractivity contribution in [3.63, 3.8) is 0 Å². The topological polar surface area (TPSA) is 52.7 Å². The molecule has 2 rings (SSSR count). The van der Waals surface area contributed by atoms with Gasteiger partial charge < -0.3 is 15.1 Å². The van der Waals surface area contributed by atoms with Gasteiger partial charge in [-0.3, -0.25) is 9.59 Å². The van der Waals surface area contributed by atoms with Crippen LogP contribution in [-0.4, -0.2) is 32.5 Å². The lowest BCUT2D eigenvalue weighted by molar-refractivity contribution is -0.117. The fourth-order valence-corrected chi connectivity index (χ4v) is 2.73. The highest BCUT2D eigenvalue weighted by molar-refractivity contribution is 6.31. The van der Waals surface area contributed by atoms with Crippen molar-refractivity contribution in [2.24, 2.45) is 0 Å². The van der Waals surface area contributed by atoms with Crippen LogP contribution in [0.3, 0.4) is 0 Å². The first-order valence-corrected chi connectivity index (χ1v) is 8.77. The highest BCUT2D eigenvalue weighted by Crippen LogP contribution is 2.22. The van der Waals surface area contributed by atoms with Crippen LogP contribution in [0.15, 0.2) is 42.5 Å². The molecule has 0 bridgehead atoms. The maximum atomic E-state index is 12.3. The van der Waals surface area contributed by atoms with Crippen molar-refractivity contribution in [3.05, 3.63) is 53.1 Å². The van der Waals surface area contributed by atoms with Crippen molar-refractivity contribution in [1.29, 1.82) is 0 Å². The second kappa shape index (κ2) is 8.72. The third-order valence-corrected chi connectivity index (χ3v) is 4.33. The summed E-state index contributed by atoms with van der Waals surface area (Å²) in [6.07, 6.45) is 0.195. The van der Waals surface area contributed by atoms with Gasteiger partial charge >= 0.3 is 0 Å². The molecule has 138 valence electrons. The molecule has 0 unspecified atom stereocenters. The van der Waals surface area contributed by atoms with E-state index in [0.29, 0.717) is 17.3 Å². The van der Waals surface area contributed by atoms with Crippen LogP contribution in [0.5, 0.6) is 0 Å². The van der Waals surface area contributed by atoms with Crippen LogP contribution in [0.4, 0.5) is 17.1 Å². The zero-order chi connectivity index (χ0) is 19.3. The van der Waals surface area contributed by atoms with Gasteiger partial charge in [0.15, 0.2) is 0 Å². The molecule has 2 aromatic carbocycles. The van der Waals surface area contributed by atoms with E-state index in [9.17, 15) is 9.59 Å². The molecule has 0 aromatic heterocycles. The number of nitrogens with zero attached hydrogens (tertiary/aromatic N) is 2. The van der Waals surface area contributed by atoms with Crippen molar-refractivity contribution in [2.45, 2.75) is 20.3 Å². The number of rotatable bonds is 6. The lowest BCUT2D eigenvalue weighted by atomic mass is 10.2. The largest absolute Gasteiger partial charge is 0.378 e. The quantitative estimate of drug-likeness (QED) is 0.829. The van der Waals surface area contributed by atoms with Crippen LogP contribution < -0.4 is 15.1 Å². The van der Waals surface area contributed by atoms with Crippen LogP contribution >= 0.6 is 11.6 Å². The Morgan fingerprint density at radius 2 is 1.65 bits per heavy atom. The fourth-order valence-electron chi connectivity index (χ4n) is 2.55. The van der Waals surface area contributed by atoms with Gasteiger partial charge in [0.1, 0.15) is 0 Å². The predicted octanol–water partition coefficient (Wildman–Crippen LogP) is 4.10. The molecule has 0 aliphatic rings. The normalized spacial score (nSPS) is 10.3. The molecule has 0 spiro atoms. The first kappa shape index (κ1) is 19.8. The second-order valence-corrected chi connectivity index (χ2v) is 6.78. The maximum absolute atomic E-state index is 12.3. The summed E-state index contributed by atoms with van der Waals surface area (Å²) in [6.45, 7) is 3.71. The second-order valence-electron chi connectivity index (χ2n) is 6.34. The van der Waals surface area contributed by atoms with E-state index >= 15 is 0 Å². The number of anilines is 3. The third-order valence-electron chi connectivity index (χ3n) is 4.09. The van der Waals surface area contributed by atoms with Crippen molar-refractivity contribution >= 4 is 40.5 Å². The molecule has 0 atom stereocenters. The minimum Gasteiger partial charge on any atom is -0.378 e. The molecule has 0 aliphatic heterocycles. The molecule has 5 nitrogen and oxygen atoms in total. The highest BCUT2D eigenvalue weighted by atomic mass is 35.5. The predicted molar refractivity (Wildman–Crippen MR) is 108 cm³/mol. The zero-order valence-corrected chi connectivity index (χ0v) is 16.3. The first-order chi connectivity index (χ1) is 12.3. The van der Waals surface area contributed by atoms with Gasteiger partial charge in [0, 0.05) is 56.1 Å². The molecule has 2 aromatic rings. The molecule has 0 saturated heterocycles. The minimum absolute atomic E-state index is 0.102. The molecule has 0 radical (unpaired) electrons. The molecule has 2 amide bonds. The van der Waals surface area contributed by atoms with Gasteiger partial charge in [0.05, 0.1) is 0 Å². The van der Waals surface area contributed by atoms with Crippen LogP contribution in [0.25, 0.3) is 0 Å². The highest BCUT2D eigenvalue weighted by Gasteiger charge is 2.14. The Morgan fingerprint density at radius 3 is 2.23 bits per heavy atom. The van der Waals surface area contributed by atoms with E-state index in [-0.39, 0.29) is 18.2 Å². The van der Waals surface area contributed by atoms with E-state index in [1.54, 1.807) is 17.0 Å². The van der Waals surface area contributed by atoms with Gasteiger partial charge in [0.2, 0.25) is 11.8 Å². The monoisotopic (exact) mass is 373 g/mol. The van der Waals surface area contributed by atoms with Crippen LogP contribution in [0.1, 0.15) is 18.9 Å². The van der Waals surface area contributed by atoms with Crippen LogP contribution in [0.2, 0.25) is 5.02 Å². The molecular weight excluding hydrogens is 350 g/mol. The van der Waals surface area contributed by atoms with Gasteiger partial charge in [-0.1, -0.05) is 17.7 Å². The number of carbonyl (C=O) groups is 2. The average molecular weight is 374 g/mol. The maximum Gasteiger partial charge on any atom is 0.226 e. The van der Waals surface area contributed by atoms with E-state index in [4.69, 9.17) is 11.6 Å².